The molecule has 2 rings (SSSR count). The van der Waals surface area contributed by atoms with Gasteiger partial charge < -0.3 is 9.16 Å². The Morgan fingerprint density at radius 3 is 1.79 bits per heavy atom. The second-order valence-electron chi connectivity index (χ2n) is 11.1. The fourth-order valence-electron chi connectivity index (χ4n) is 4.55. The summed E-state index contributed by atoms with van der Waals surface area (Å²) >= 11 is 0. The molecule has 0 aliphatic heterocycles. The Bertz CT molecular complexity index is 795. The average molecular weight is 469 g/mol. The van der Waals surface area contributed by atoms with Gasteiger partial charge in [0, 0.05) is 6.61 Å². The van der Waals surface area contributed by atoms with Gasteiger partial charge in [-0.25, -0.2) is 0 Å². The zero-order chi connectivity index (χ0) is 24.5. The molecule has 0 N–H and O–H groups in total. The number of hydrogen-bond donors (Lipinski definition) is 0. The molecule has 0 spiro atoms. The molecule has 4 heteroatoms. The normalized spacial score (nSPS) is 13.5. The van der Waals surface area contributed by atoms with Crippen LogP contribution in [0.3, 0.4) is 0 Å². The Kier molecular flexibility index (Phi) is 9.93. The molecule has 0 fully saturated rings. The van der Waals surface area contributed by atoms with E-state index in [9.17, 15) is 4.79 Å². The summed E-state index contributed by atoms with van der Waals surface area (Å²) in [6.45, 7) is 15.4. The summed E-state index contributed by atoms with van der Waals surface area (Å²) in [6.07, 6.45) is 4.82. The van der Waals surface area contributed by atoms with Gasteiger partial charge in [-0.15, -0.1) is 0 Å². The molecule has 2 aromatic carbocycles. The number of carbonyl (C=O) groups is 1. The van der Waals surface area contributed by atoms with Gasteiger partial charge in [-0.1, -0.05) is 108 Å². The molecule has 0 amide bonds. The lowest BCUT2D eigenvalue weighted by atomic mass is 9.99. The number of unbranched alkanes of at least 4 members (excludes halogenated alkanes) is 2. The third-order valence-electron chi connectivity index (χ3n) is 6.04. The van der Waals surface area contributed by atoms with Crippen LogP contribution in [0.5, 0.6) is 0 Å². The van der Waals surface area contributed by atoms with E-state index < -0.39 is 13.9 Å². The van der Waals surface area contributed by atoms with Gasteiger partial charge in [-0.2, -0.15) is 0 Å². The summed E-state index contributed by atoms with van der Waals surface area (Å²) < 4.78 is 12.8. The zero-order valence-electron chi connectivity index (χ0n) is 21.8. The minimum atomic E-state index is -2.61. The van der Waals surface area contributed by atoms with Gasteiger partial charge in [-0.3, -0.25) is 4.79 Å². The van der Waals surface area contributed by atoms with Crippen molar-refractivity contribution in [3.05, 3.63) is 60.7 Å². The third kappa shape index (κ3) is 7.82. The molecule has 0 unspecified atom stereocenters. The Hall–Kier alpha value is -1.91. The van der Waals surface area contributed by atoms with E-state index in [1.54, 1.807) is 0 Å². The van der Waals surface area contributed by atoms with E-state index in [0.717, 1.165) is 19.3 Å². The number of carbonyl (C=O) groups excluding carboxylic acids is 1. The fraction of sp³-hybridized carbons (Fsp3) is 0.552. The molecule has 3 nitrogen and oxygen atoms in total. The van der Waals surface area contributed by atoms with Gasteiger partial charge in [-0.05, 0) is 48.5 Å². The molecule has 2 aromatic rings. The van der Waals surface area contributed by atoms with E-state index in [1.807, 2.05) is 20.8 Å². The summed E-state index contributed by atoms with van der Waals surface area (Å²) in [4.78, 5) is 12.7. The molecular weight excluding hydrogens is 424 g/mol. The molecule has 0 saturated carbocycles. The van der Waals surface area contributed by atoms with Gasteiger partial charge in [0.15, 0.2) is 0 Å². The number of rotatable bonds is 11. The van der Waals surface area contributed by atoms with Gasteiger partial charge in [0.05, 0.1) is 6.42 Å². The van der Waals surface area contributed by atoms with Gasteiger partial charge in [0.2, 0.25) is 0 Å². The van der Waals surface area contributed by atoms with Crippen LogP contribution in [0.25, 0.3) is 0 Å². The Morgan fingerprint density at radius 2 is 1.36 bits per heavy atom. The smallest absolute Gasteiger partial charge is 0.306 e. The van der Waals surface area contributed by atoms with E-state index in [2.05, 4.69) is 88.4 Å². The van der Waals surface area contributed by atoms with Gasteiger partial charge in [0.25, 0.3) is 8.32 Å². The lowest BCUT2D eigenvalue weighted by Crippen LogP contribution is -2.66. The lowest BCUT2D eigenvalue weighted by Gasteiger charge is -2.43. The zero-order valence-corrected chi connectivity index (χ0v) is 22.8. The molecule has 182 valence electrons. The number of esters is 1. The van der Waals surface area contributed by atoms with Crippen LogP contribution >= 0.6 is 0 Å². The van der Waals surface area contributed by atoms with Crippen molar-refractivity contribution >= 4 is 24.7 Å². The highest BCUT2D eigenvalue weighted by Crippen LogP contribution is 2.37. The number of benzene rings is 2. The van der Waals surface area contributed by atoms with Crippen molar-refractivity contribution in [1.29, 1.82) is 0 Å². The maximum absolute atomic E-state index is 12.7. The largest absolute Gasteiger partial charge is 0.460 e. The minimum absolute atomic E-state index is 0.0738. The van der Waals surface area contributed by atoms with Crippen molar-refractivity contribution in [2.24, 2.45) is 5.92 Å². The van der Waals surface area contributed by atoms with Crippen molar-refractivity contribution < 1.29 is 14.0 Å². The van der Waals surface area contributed by atoms with Crippen molar-refractivity contribution in [1.82, 2.24) is 0 Å². The molecule has 0 heterocycles. The van der Waals surface area contributed by atoms with E-state index in [1.165, 1.54) is 16.8 Å². The summed E-state index contributed by atoms with van der Waals surface area (Å²) in [7, 11) is -2.61. The molecule has 0 saturated heterocycles. The van der Waals surface area contributed by atoms with Crippen LogP contribution < -0.4 is 10.4 Å². The first-order valence-corrected chi connectivity index (χ1v) is 14.4. The van der Waals surface area contributed by atoms with Crippen molar-refractivity contribution in [3.63, 3.8) is 0 Å². The molecule has 0 aromatic heterocycles. The van der Waals surface area contributed by atoms with Crippen LogP contribution in [-0.4, -0.2) is 26.5 Å². The fourth-order valence-corrected chi connectivity index (χ4v) is 9.19. The molecular formula is C29H44O3Si. The SMILES string of the molecule is CCCCC[C@@H](CO[Si](c1ccccc1)(c1ccccc1)C(C)(C)C)CC(=O)OC(C)(C)C. The summed E-state index contributed by atoms with van der Waals surface area (Å²) in [6, 6.07) is 21.4. The predicted octanol–water partition coefficient (Wildman–Crippen LogP) is 6.49. The Balaban J connectivity index is 2.39. The van der Waals surface area contributed by atoms with Crippen LogP contribution in [0, 0.1) is 5.92 Å². The van der Waals surface area contributed by atoms with E-state index in [-0.39, 0.29) is 16.9 Å². The highest BCUT2D eigenvalue weighted by Gasteiger charge is 2.50. The summed E-state index contributed by atoms with van der Waals surface area (Å²) in [5.74, 6) is 0.0168. The lowest BCUT2D eigenvalue weighted by molar-refractivity contribution is -0.156. The van der Waals surface area contributed by atoms with Crippen molar-refractivity contribution in [2.45, 2.75) is 91.2 Å². The monoisotopic (exact) mass is 468 g/mol. The Morgan fingerprint density at radius 1 is 0.848 bits per heavy atom. The molecule has 1 atom stereocenters. The quantitative estimate of drug-likeness (QED) is 0.215. The maximum Gasteiger partial charge on any atom is 0.306 e. The Labute approximate surface area is 203 Å². The first-order valence-electron chi connectivity index (χ1n) is 12.5. The van der Waals surface area contributed by atoms with Crippen LogP contribution in [0.4, 0.5) is 0 Å². The standard InChI is InChI=1S/C29H44O3Si/c1-8-9-12-17-24(22-27(30)32-28(2,3)4)23-31-33(29(5,6)7,25-18-13-10-14-19-25)26-20-15-11-16-21-26/h10-11,13-16,18-21,24H,8-9,12,17,22-23H2,1-7H3/t24-/m1/s1. The predicted molar refractivity (Wildman–Crippen MR) is 142 cm³/mol. The number of hydrogen-bond acceptors (Lipinski definition) is 3. The highest BCUT2D eigenvalue weighted by atomic mass is 28.4. The second-order valence-corrected chi connectivity index (χ2v) is 15.4. The topological polar surface area (TPSA) is 35.5 Å². The highest BCUT2D eigenvalue weighted by molar-refractivity contribution is 6.99. The first-order chi connectivity index (χ1) is 15.5. The molecule has 0 bridgehead atoms. The van der Waals surface area contributed by atoms with Crippen molar-refractivity contribution in [3.8, 4) is 0 Å². The second kappa shape index (κ2) is 12.0. The first kappa shape index (κ1) is 27.3. The van der Waals surface area contributed by atoms with Gasteiger partial charge >= 0.3 is 5.97 Å². The summed E-state index contributed by atoms with van der Waals surface area (Å²) in [5.41, 5.74) is -0.468. The molecule has 0 aliphatic rings. The summed E-state index contributed by atoms with van der Waals surface area (Å²) in [5, 5.41) is 2.47. The average Bonchev–Trinajstić information content (AvgIpc) is 2.73. The van der Waals surface area contributed by atoms with E-state index in [0.29, 0.717) is 13.0 Å². The molecule has 33 heavy (non-hydrogen) atoms. The maximum atomic E-state index is 12.7. The molecule has 0 aliphatic carbocycles. The van der Waals surface area contributed by atoms with Gasteiger partial charge in [0.1, 0.15) is 5.60 Å². The number of ether oxygens (including phenoxy) is 1. The minimum Gasteiger partial charge on any atom is -0.460 e. The van der Waals surface area contributed by atoms with Crippen LogP contribution in [0.15, 0.2) is 60.7 Å². The van der Waals surface area contributed by atoms with E-state index in [4.69, 9.17) is 9.16 Å². The van der Waals surface area contributed by atoms with E-state index >= 15 is 0 Å². The molecule has 0 radical (unpaired) electrons. The van der Waals surface area contributed by atoms with Crippen LogP contribution in [-0.2, 0) is 14.0 Å². The van der Waals surface area contributed by atoms with Crippen LogP contribution in [0.1, 0.15) is 80.6 Å². The van der Waals surface area contributed by atoms with Crippen LogP contribution in [0.2, 0.25) is 5.04 Å². The third-order valence-corrected chi connectivity index (χ3v) is 11.0. The van der Waals surface area contributed by atoms with Crippen molar-refractivity contribution in [2.75, 3.05) is 6.61 Å².